The smallest absolute Gasteiger partial charge is 0.326 e. The molecule has 10 heteroatoms. The van der Waals surface area contributed by atoms with E-state index in [2.05, 4.69) is 10.6 Å². The maximum absolute atomic E-state index is 12.3. The summed E-state index contributed by atoms with van der Waals surface area (Å²) in [5.74, 6) is -2.12. The van der Waals surface area contributed by atoms with E-state index >= 15 is 0 Å². The number of ether oxygens (including phenoxy) is 1. The Kier molecular flexibility index (Phi) is 5.29. The highest BCUT2D eigenvalue weighted by Crippen LogP contribution is 2.42. The molecule has 0 unspecified atom stereocenters. The monoisotopic (exact) mass is 354 g/mol. The SMILES string of the molecule is CC(C)NC(=O)NC(=O)COC(=O)CN1C(=O)N[C@](C)(C2CC2)C1=O. The number of esters is 1. The van der Waals surface area contributed by atoms with Gasteiger partial charge in [0.1, 0.15) is 12.1 Å². The van der Waals surface area contributed by atoms with Crippen LogP contribution in [0.3, 0.4) is 0 Å². The van der Waals surface area contributed by atoms with Gasteiger partial charge in [0, 0.05) is 6.04 Å². The number of hydrogen-bond acceptors (Lipinski definition) is 6. The first-order valence-electron chi connectivity index (χ1n) is 8.03. The van der Waals surface area contributed by atoms with Crippen molar-refractivity contribution >= 4 is 29.8 Å². The van der Waals surface area contributed by atoms with E-state index in [9.17, 15) is 24.0 Å². The summed E-state index contributed by atoms with van der Waals surface area (Å²) in [4.78, 5) is 59.6. The van der Waals surface area contributed by atoms with Crippen LogP contribution in [0.1, 0.15) is 33.6 Å². The third-order valence-corrected chi connectivity index (χ3v) is 4.02. The van der Waals surface area contributed by atoms with E-state index in [1.807, 2.05) is 5.32 Å². The predicted octanol–water partition coefficient (Wildman–Crippen LogP) is -0.516. The molecule has 138 valence electrons. The lowest BCUT2D eigenvalue weighted by atomic mass is 9.96. The van der Waals surface area contributed by atoms with Gasteiger partial charge in [-0.25, -0.2) is 9.59 Å². The van der Waals surface area contributed by atoms with Gasteiger partial charge in [0.2, 0.25) is 0 Å². The molecule has 2 rings (SSSR count). The molecule has 0 aromatic carbocycles. The van der Waals surface area contributed by atoms with Crippen LogP contribution in [0.15, 0.2) is 0 Å². The Labute approximate surface area is 144 Å². The number of carbonyl (C=O) groups excluding carboxylic acids is 5. The van der Waals surface area contributed by atoms with Crippen LogP contribution in [0, 0.1) is 5.92 Å². The fourth-order valence-electron chi connectivity index (χ4n) is 2.58. The number of carbonyl (C=O) groups is 5. The second kappa shape index (κ2) is 7.08. The van der Waals surface area contributed by atoms with Gasteiger partial charge >= 0.3 is 18.0 Å². The maximum Gasteiger partial charge on any atom is 0.326 e. The number of amides is 6. The molecule has 0 radical (unpaired) electrons. The van der Waals surface area contributed by atoms with Gasteiger partial charge in [-0.3, -0.25) is 24.6 Å². The van der Waals surface area contributed by atoms with Gasteiger partial charge in [-0.05, 0) is 39.5 Å². The highest BCUT2D eigenvalue weighted by Gasteiger charge is 2.56. The quantitative estimate of drug-likeness (QED) is 0.434. The minimum atomic E-state index is -0.982. The molecule has 10 nitrogen and oxygen atoms in total. The zero-order chi connectivity index (χ0) is 18.8. The molecule has 1 saturated carbocycles. The summed E-state index contributed by atoms with van der Waals surface area (Å²) in [6, 6.07) is -1.52. The van der Waals surface area contributed by atoms with Crippen molar-refractivity contribution in [1.82, 2.24) is 20.9 Å². The van der Waals surface area contributed by atoms with Crippen LogP contribution >= 0.6 is 0 Å². The normalized spacial score (nSPS) is 22.6. The van der Waals surface area contributed by atoms with Crippen molar-refractivity contribution in [3.63, 3.8) is 0 Å². The molecule has 1 saturated heterocycles. The Morgan fingerprint density at radius 3 is 2.52 bits per heavy atom. The fourth-order valence-corrected chi connectivity index (χ4v) is 2.58. The first-order chi connectivity index (χ1) is 11.6. The summed E-state index contributed by atoms with van der Waals surface area (Å²) >= 11 is 0. The molecular formula is C15H22N4O6. The predicted molar refractivity (Wildman–Crippen MR) is 84.1 cm³/mol. The van der Waals surface area contributed by atoms with Crippen LogP contribution in [0.2, 0.25) is 0 Å². The number of urea groups is 2. The largest absolute Gasteiger partial charge is 0.454 e. The van der Waals surface area contributed by atoms with Gasteiger partial charge in [0.15, 0.2) is 6.61 Å². The number of rotatable bonds is 6. The van der Waals surface area contributed by atoms with E-state index in [0.717, 1.165) is 17.7 Å². The molecule has 1 atom stereocenters. The van der Waals surface area contributed by atoms with Crippen LogP contribution in [-0.4, -0.2) is 59.5 Å². The first kappa shape index (κ1) is 18.7. The van der Waals surface area contributed by atoms with Crippen LogP contribution in [-0.2, 0) is 19.1 Å². The molecule has 3 N–H and O–H groups in total. The van der Waals surface area contributed by atoms with E-state index in [1.165, 1.54) is 0 Å². The van der Waals surface area contributed by atoms with E-state index in [0.29, 0.717) is 0 Å². The van der Waals surface area contributed by atoms with Crippen LogP contribution in [0.25, 0.3) is 0 Å². The van der Waals surface area contributed by atoms with Crippen molar-refractivity contribution < 1.29 is 28.7 Å². The molecule has 0 aromatic heterocycles. The highest BCUT2D eigenvalue weighted by atomic mass is 16.5. The number of nitrogens with zero attached hydrogens (tertiary/aromatic N) is 1. The lowest BCUT2D eigenvalue weighted by Crippen LogP contribution is -2.46. The molecule has 2 fully saturated rings. The Balaban J connectivity index is 1.78. The third-order valence-electron chi connectivity index (χ3n) is 4.02. The Morgan fingerprint density at radius 2 is 1.96 bits per heavy atom. The fraction of sp³-hybridized carbons (Fsp3) is 0.667. The zero-order valence-electron chi connectivity index (χ0n) is 14.4. The standard InChI is InChI=1S/C15H22N4O6/c1-8(2)16-13(23)17-10(20)7-25-11(21)6-19-12(22)15(3,9-4-5-9)18-14(19)24/h8-9H,4-7H2,1-3H3,(H,18,24)(H2,16,17,20,23)/t15-/m1/s1. The topological polar surface area (TPSA) is 134 Å². The first-order valence-corrected chi connectivity index (χ1v) is 8.03. The Hall–Kier alpha value is -2.65. The summed E-state index contributed by atoms with van der Waals surface area (Å²) in [6.07, 6.45) is 1.69. The van der Waals surface area contributed by atoms with Crippen LogP contribution in [0.4, 0.5) is 9.59 Å². The van der Waals surface area contributed by atoms with Gasteiger partial charge < -0.3 is 15.4 Å². The number of hydrogen-bond donors (Lipinski definition) is 3. The average molecular weight is 354 g/mol. The second-order valence-electron chi connectivity index (χ2n) is 6.64. The molecule has 1 aliphatic heterocycles. The number of imide groups is 2. The van der Waals surface area contributed by atoms with Gasteiger partial charge in [-0.2, -0.15) is 0 Å². The highest BCUT2D eigenvalue weighted by molar-refractivity contribution is 6.09. The van der Waals surface area contributed by atoms with E-state index in [-0.39, 0.29) is 12.0 Å². The van der Waals surface area contributed by atoms with Crippen molar-refractivity contribution in [2.75, 3.05) is 13.2 Å². The molecule has 1 heterocycles. The van der Waals surface area contributed by atoms with Crippen molar-refractivity contribution in [3.8, 4) is 0 Å². The molecule has 0 bridgehead atoms. The summed E-state index contributed by atoms with van der Waals surface area (Å²) in [7, 11) is 0. The summed E-state index contributed by atoms with van der Waals surface area (Å²) in [5.41, 5.74) is -0.982. The van der Waals surface area contributed by atoms with Crippen LogP contribution in [0.5, 0.6) is 0 Å². The van der Waals surface area contributed by atoms with E-state index < -0.39 is 48.5 Å². The van der Waals surface area contributed by atoms with Gasteiger partial charge in [0.05, 0.1) is 0 Å². The average Bonchev–Trinajstić information content (AvgIpc) is 3.30. The minimum Gasteiger partial charge on any atom is -0.454 e. The van der Waals surface area contributed by atoms with Gasteiger partial charge in [0.25, 0.3) is 11.8 Å². The van der Waals surface area contributed by atoms with Crippen molar-refractivity contribution in [2.45, 2.75) is 45.2 Å². The van der Waals surface area contributed by atoms with Crippen molar-refractivity contribution in [3.05, 3.63) is 0 Å². The molecular weight excluding hydrogens is 332 g/mol. The third kappa shape index (κ3) is 4.46. The van der Waals surface area contributed by atoms with Crippen LogP contribution < -0.4 is 16.0 Å². The minimum absolute atomic E-state index is 0.0789. The maximum atomic E-state index is 12.3. The molecule has 0 aromatic rings. The van der Waals surface area contributed by atoms with Gasteiger partial charge in [-0.15, -0.1) is 0 Å². The molecule has 6 amide bonds. The Bertz CT molecular complexity index is 615. The summed E-state index contributed by atoms with van der Waals surface area (Å²) in [5, 5.41) is 7.03. The molecule has 0 spiro atoms. The second-order valence-corrected chi connectivity index (χ2v) is 6.64. The number of nitrogens with one attached hydrogen (secondary N) is 3. The van der Waals surface area contributed by atoms with Crippen molar-refractivity contribution in [2.24, 2.45) is 5.92 Å². The lowest BCUT2D eigenvalue weighted by molar-refractivity contribution is -0.150. The summed E-state index contributed by atoms with van der Waals surface area (Å²) < 4.78 is 4.71. The Morgan fingerprint density at radius 1 is 1.32 bits per heavy atom. The molecule has 2 aliphatic rings. The molecule has 1 aliphatic carbocycles. The zero-order valence-corrected chi connectivity index (χ0v) is 14.4. The van der Waals surface area contributed by atoms with Crippen molar-refractivity contribution in [1.29, 1.82) is 0 Å². The summed E-state index contributed by atoms with van der Waals surface area (Å²) in [6.45, 7) is 3.80. The van der Waals surface area contributed by atoms with E-state index in [4.69, 9.17) is 4.74 Å². The van der Waals surface area contributed by atoms with E-state index in [1.54, 1.807) is 20.8 Å². The lowest BCUT2D eigenvalue weighted by Gasteiger charge is -2.20. The van der Waals surface area contributed by atoms with Gasteiger partial charge in [-0.1, -0.05) is 0 Å². The molecule has 25 heavy (non-hydrogen) atoms.